The van der Waals surface area contributed by atoms with Crippen molar-refractivity contribution in [3.05, 3.63) is 40.6 Å². The van der Waals surface area contributed by atoms with Crippen LogP contribution < -0.4 is 5.73 Å². The van der Waals surface area contributed by atoms with Crippen LogP contribution in [0.2, 0.25) is 5.02 Å². The number of halogens is 1. The summed E-state index contributed by atoms with van der Waals surface area (Å²) in [6.07, 6.45) is 0. The predicted octanol–water partition coefficient (Wildman–Crippen LogP) is 1.73. The number of nitrogens with zero attached hydrogens (tertiary/aromatic N) is 5. The highest BCUT2D eigenvalue weighted by Gasteiger charge is 2.15. The number of Topliss-reactive ketones (excluding diaryl/α,β-unsaturated/α-hetero) is 1. The number of nitriles is 1. The minimum Gasteiger partial charge on any atom is -0.401 e. The van der Waals surface area contributed by atoms with E-state index in [1.807, 2.05) is 0 Å². The average Bonchev–Trinajstić information content (AvgIpc) is 2.94. The third-order valence-electron chi connectivity index (χ3n) is 2.63. The Bertz CT molecular complexity index is 758. The van der Waals surface area contributed by atoms with E-state index in [1.54, 1.807) is 30.3 Å². The Morgan fingerprint density at radius 1 is 1.45 bits per heavy atom. The molecular weight excluding hydrogens is 324 g/mol. The van der Waals surface area contributed by atoms with Crippen molar-refractivity contribution in [3.63, 3.8) is 0 Å². The van der Waals surface area contributed by atoms with E-state index in [0.717, 1.165) is 17.4 Å². The summed E-state index contributed by atoms with van der Waals surface area (Å²) in [5.74, 6) is -0.344. The third kappa shape index (κ3) is 3.63. The maximum absolute atomic E-state index is 11.9. The molecule has 2 aromatic rings. The van der Waals surface area contributed by atoms with Gasteiger partial charge in [0.1, 0.15) is 11.6 Å². The van der Waals surface area contributed by atoms with Crippen LogP contribution in [0.4, 0.5) is 0 Å². The highest BCUT2D eigenvalue weighted by atomic mass is 35.5. The first-order valence-corrected chi connectivity index (χ1v) is 7.46. The molecule has 0 bridgehead atoms. The van der Waals surface area contributed by atoms with E-state index in [4.69, 9.17) is 22.6 Å². The van der Waals surface area contributed by atoms with Gasteiger partial charge in [-0.05, 0) is 41.6 Å². The highest BCUT2D eigenvalue weighted by Crippen LogP contribution is 2.20. The Kier molecular flexibility index (Phi) is 5.14. The molecule has 1 heterocycles. The van der Waals surface area contributed by atoms with Gasteiger partial charge in [0.15, 0.2) is 5.78 Å². The molecule has 0 aliphatic carbocycles. The van der Waals surface area contributed by atoms with E-state index in [0.29, 0.717) is 10.2 Å². The number of hydrogen-bond acceptors (Lipinski definition) is 7. The van der Waals surface area contributed by atoms with Crippen LogP contribution in [0.3, 0.4) is 0 Å². The van der Waals surface area contributed by atoms with E-state index < -0.39 is 0 Å². The van der Waals surface area contributed by atoms with Gasteiger partial charge < -0.3 is 5.73 Å². The molecule has 0 saturated heterocycles. The zero-order valence-electron chi connectivity index (χ0n) is 11.5. The SMILES string of the molecule is CC(N)=C(C#N)C(=O)CSc1nnnn1-c1ccc(Cl)cc1. The molecule has 112 valence electrons. The van der Waals surface area contributed by atoms with Crippen molar-refractivity contribution in [2.45, 2.75) is 12.1 Å². The number of rotatable bonds is 5. The molecule has 9 heteroatoms. The monoisotopic (exact) mass is 334 g/mol. The maximum atomic E-state index is 11.9. The van der Waals surface area contributed by atoms with Crippen LogP contribution in [0.5, 0.6) is 0 Å². The van der Waals surface area contributed by atoms with E-state index in [2.05, 4.69) is 15.5 Å². The van der Waals surface area contributed by atoms with Gasteiger partial charge in [0.2, 0.25) is 5.16 Å². The Balaban J connectivity index is 2.15. The van der Waals surface area contributed by atoms with Gasteiger partial charge in [0.25, 0.3) is 0 Å². The van der Waals surface area contributed by atoms with Crippen LogP contribution in [0.15, 0.2) is 40.7 Å². The maximum Gasteiger partial charge on any atom is 0.214 e. The lowest BCUT2D eigenvalue weighted by Gasteiger charge is -2.04. The molecule has 0 atom stereocenters. The molecule has 2 rings (SSSR count). The lowest BCUT2D eigenvalue weighted by Crippen LogP contribution is -2.11. The zero-order chi connectivity index (χ0) is 16.1. The van der Waals surface area contributed by atoms with Crippen LogP contribution in [0, 0.1) is 11.3 Å². The van der Waals surface area contributed by atoms with Crippen molar-refractivity contribution in [2.75, 3.05) is 5.75 Å². The van der Waals surface area contributed by atoms with E-state index in [1.165, 1.54) is 11.6 Å². The summed E-state index contributed by atoms with van der Waals surface area (Å²) >= 11 is 6.96. The van der Waals surface area contributed by atoms with Crippen molar-refractivity contribution in [2.24, 2.45) is 5.73 Å². The molecule has 0 fully saturated rings. The lowest BCUT2D eigenvalue weighted by atomic mass is 10.2. The number of allylic oxidation sites excluding steroid dienone is 2. The van der Waals surface area contributed by atoms with Crippen molar-refractivity contribution in [1.29, 1.82) is 5.26 Å². The second-order valence-electron chi connectivity index (χ2n) is 4.23. The topological polar surface area (TPSA) is 110 Å². The molecule has 1 aromatic carbocycles. The molecule has 0 unspecified atom stereocenters. The van der Waals surface area contributed by atoms with E-state index in [9.17, 15) is 4.79 Å². The lowest BCUT2D eigenvalue weighted by molar-refractivity contribution is -0.112. The molecular formula is C13H11ClN6OS. The van der Waals surface area contributed by atoms with E-state index in [-0.39, 0.29) is 22.8 Å². The number of benzene rings is 1. The minimum absolute atomic E-state index is 0.0192. The second-order valence-corrected chi connectivity index (χ2v) is 5.61. The summed E-state index contributed by atoms with van der Waals surface area (Å²) in [4.78, 5) is 11.9. The Hall–Kier alpha value is -2.37. The van der Waals surface area contributed by atoms with Gasteiger partial charge in [-0.15, -0.1) is 5.10 Å². The molecule has 7 nitrogen and oxygen atoms in total. The quantitative estimate of drug-likeness (QED) is 0.503. The minimum atomic E-state index is -0.363. The van der Waals surface area contributed by atoms with Gasteiger partial charge in [-0.1, -0.05) is 23.4 Å². The van der Waals surface area contributed by atoms with Crippen LogP contribution in [-0.4, -0.2) is 31.7 Å². The molecule has 0 spiro atoms. The summed E-state index contributed by atoms with van der Waals surface area (Å²) in [6, 6.07) is 8.75. The molecule has 0 amide bonds. The smallest absolute Gasteiger partial charge is 0.214 e. The molecule has 2 N–H and O–H groups in total. The van der Waals surface area contributed by atoms with Crippen LogP contribution in [0.1, 0.15) is 6.92 Å². The number of nitrogens with two attached hydrogens (primary N) is 1. The number of hydrogen-bond donors (Lipinski definition) is 1. The van der Waals surface area contributed by atoms with Gasteiger partial charge in [-0.3, -0.25) is 4.79 Å². The van der Waals surface area contributed by atoms with Gasteiger partial charge in [-0.25, -0.2) is 0 Å². The fourth-order valence-corrected chi connectivity index (χ4v) is 2.47. The zero-order valence-corrected chi connectivity index (χ0v) is 13.1. The number of thioether (sulfide) groups is 1. The summed E-state index contributed by atoms with van der Waals surface area (Å²) in [5, 5.41) is 21.3. The van der Waals surface area contributed by atoms with Gasteiger partial charge in [0.05, 0.1) is 11.4 Å². The first kappa shape index (κ1) is 16.0. The molecule has 0 aliphatic rings. The third-order valence-corrected chi connectivity index (χ3v) is 3.80. The Morgan fingerprint density at radius 2 is 2.14 bits per heavy atom. The molecule has 1 aromatic heterocycles. The fourth-order valence-electron chi connectivity index (χ4n) is 1.59. The summed E-state index contributed by atoms with van der Waals surface area (Å²) in [6.45, 7) is 1.51. The first-order chi connectivity index (χ1) is 10.5. The van der Waals surface area contributed by atoms with Crippen molar-refractivity contribution in [3.8, 4) is 11.8 Å². The number of carbonyl (C=O) groups excluding carboxylic acids is 1. The number of ketones is 1. The molecule has 0 radical (unpaired) electrons. The summed E-state index contributed by atoms with van der Waals surface area (Å²) in [5.41, 5.74) is 6.38. The Morgan fingerprint density at radius 3 is 2.73 bits per heavy atom. The van der Waals surface area contributed by atoms with Gasteiger partial charge in [0, 0.05) is 10.7 Å². The van der Waals surface area contributed by atoms with Crippen LogP contribution >= 0.6 is 23.4 Å². The number of aromatic nitrogens is 4. The van der Waals surface area contributed by atoms with Crippen molar-refractivity contribution >= 4 is 29.1 Å². The van der Waals surface area contributed by atoms with Crippen LogP contribution in [-0.2, 0) is 4.79 Å². The molecule has 0 saturated carbocycles. The average molecular weight is 335 g/mol. The van der Waals surface area contributed by atoms with E-state index >= 15 is 0 Å². The number of carbonyl (C=O) groups is 1. The first-order valence-electron chi connectivity index (χ1n) is 6.09. The molecule has 0 aliphatic heterocycles. The summed E-state index contributed by atoms with van der Waals surface area (Å²) < 4.78 is 1.49. The predicted molar refractivity (Wildman–Crippen MR) is 82.4 cm³/mol. The second kappa shape index (κ2) is 7.06. The highest BCUT2D eigenvalue weighted by molar-refractivity contribution is 7.99. The standard InChI is InChI=1S/C13H11ClN6OS/c1-8(16)11(6-15)12(21)7-22-13-17-18-19-20(13)10-4-2-9(14)3-5-10/h2-5H,7,16H2,1H3. The van der Waals surface area contributed by atoms with Crippen molar-refractivity contribution < 1.29 is 4.79 Å². The van der Waals surface area contributed by atoms with Gasteiger partial charge in [-0.2, -0.15) is 9.94 Å². The van der Waals surface area contributed by atoms with Gasteiger partial charge >= 0.3 is 0 Å². The Labute approximate surface area is 135 Å². The van der Waals surface area contributed by atoms with Crippen molar-refractivity contribution in [1.82, 2.24) is 20.2 Å². The normalized spacial score (nSPS) is 11.7. The van der Waals surface area contributed by atoms with Crippen LogP contribution in [0.25, 0.3) is 5.69 Å². The fraction of sp³-hybridized carbons (Fsp3) is 0.154. The molecule has 22 heavy (non-hydrogen) atoms. The summed E-state index contributed by atoms with van der Waals surface area (Å²) in [7, 11) is 0. The number of tetrazole rings is 1. The largest absolute Gasteiger partial charge is 0.401 e.